The molecule has 184 valence electrons. The molecule has 3 aromatic rings. The highest BCUT2D eigenvalue weighted by Crippen LogP contribution is 2.26. The van der Waals surface area contributed by atoms with Gasteiger partial charge in [-0.2, -0.15) is 0 Å². The molecule has 0 fully saturated rings. The van der Waals surface area contributed by atoms with Crippen molar-refractivity contribution in [2.75, 3.05) is 4.90 Å². The average molecular weight is 474 g/mol. The van der Waals surface area contributed by atoms with Crippen molar-refractivity contribution in [2.24, 2.45) is 0 Å². The Kier molecular flexibility index (Phi) is 9.47. The zero-order valence-electron chi connectivity index (χ0n) is 21.1. The van der Waals surface area contributed by atoms with Crippen molar-refractivity contribution in [3.63, 3.8) is 0 Å². The van der Waals surface area contributed by atoms with Crippen LogP contribution in [-0.4, -0.2) is 24.5 Å². The fourth-order valence-electron chi connectivity index (χ4n) is 4.43. The zero-order chi connectivity index (χ0) is 25.2. The minimum Gasteiger partial charge on any atom is -0.463 e. The second-order valence-electron chi connectivity index (χ2n) is 9.22. The van der Waals surface area contributed by atoms with Crippen molar-refractivity contribution >= 4 is 18.1 Å². The van der Waals surface area contributed by atoms with Crippen LogP contribution < -0.4 is 9.64 Å². The summed E-state index contributed by atoms with van der Waals surface area (Å²) in [6, 6.07) is 24.1. The average Bonchev–Trinajstić information content (AvgIpc) is 2.84. The molecule has 0 saturated carbocycles. The van der Waals surface area contributed by atoms with Gasteiger partial charge in [-0.3, -0.25) is 4.79 Å². The van der Waals surface area contributed by atoms with Crippen molar-refractivity contribution in [1.29, 1.82) is 0 Å². The number of benzene rings is 3. The highest BCUT2D eigenvalue weighted by Gasteiger charge is 2.15. The van der Waals surface area contributed by atoms with Gasteiger partial charge in [-0.05, 0) is 100 Å². The molecule has 3 rings (SSSR count). The molecule has 0 heterocycles. The summed E-state index contributed by atoms with van der Waals surface area (Å²) >= 11 is 0. The number of aryl methyl sites for hydroxylation is 2. The van der Waals surface area contributed by atoms with Crippen molar-refractivity contribution in [1.82, 2.24) is 0 Å². The van der Waals surface area contributed by atoms with Gasteiger partial charge in [0.2, 0.25) is 0 Å². The first kappa shape index (κ1) is 26.0. The van der Waals surface area contributed by atoms with Crippen molar-refractivity contribution in [2.45, 2.75) is 65.6 Å². The highest BCUT2D eigenvalue weighted by atomic mass is 16.5. The number of hydrogen-bond donors (Lipinski definition) is 0. The van der Waals surface area contributed by atoms with Crippen LogP contribution in [0.5, 0.6) is 5.75 Å². The molecule has 5 nitrogen and oxygen atoms in total. The lowest BCUT2D eigenvalue weighted by molar-refractivity contribution is -0.129. The third kappa shape index (κ3) is 7.44. The molecule has 0 amide bonds. The lowest BCUT2D eigenvalue weighted by Crippen LogP contribution is -2.36. The summed E-state index contributed by atoms with van der Waals surface area (Å²) < 4.78 is 10.7. The Morgan fingerprint density at radius 3 is 2.29 bits per heavy atom. The first-order chi connectivity index (χ1) is 16.9. The summed E-state index contributed by atoms with van der Waals surface area (Å²) in [5.41, 5.74) is 4.79. The number of ether oxygens (including phenoxy) is 2. The molecule has 0 unspecified atom stereocenters. The predicted octanol–water partition coefficient (Wildman–Crippen LogP) is 6.38. The molecule has 0 atom stereocenters. The quantitative estimate of drug-likeness (QED) is 0.174. The molecule has 0 radical (unpaired) electrons. The summed E-state index contributed by atoms with van der Waals surface area (Å²) in [5, 5.41) is 0. The second kappa shape index (κ2) is 12.7. The predicted molar refractivity (Wildman–Crippen MR) is 140 cm³/mol. The van der Waals surface area contributed by atoms with Crippen molar-refractivity contribution < 1.29 is 19.1 Å². The van der Waals surface area contributed by atoms with Gasteiger partial charge < -0.3 is 14.4 Å². The van der Waals surface area contributed by atoms with Crippen LogP contribution in [-0.2, 0) is 29.0 Å². The monoisotopic (exact) mass is 473 g/mol. The van der Waals surface area contributed by atoms with E-state index in [1.165, 1.54) is 11.3 Å². The largest absolute Gasteiger partial charge is 0.463 e. The Labute approximate surface area is 208 Å². The molecule has 0 bridgehead atoms. The van der Waals surface area contributed by atoms with Gasteiger partial charge in [-0.1, -0.05) is 36.4 Å². The minimum absolute atomic E-state index is 0.186. The van der Waals surface area contributed by atoms with E-state index in [0.717, 1.165) is 30.4 Å². The maximum atomic E-state index is 12.6. The van der Waals surface area contributed by atoms with Crippen LogP contribution in [0.25, 0.3) is 0 Å². The molecular formula is C30H35NO4. The van der Waals surface area contributed by atoms with Crippen LogP contribution in [0.3, 0.4) is 0 Å². The number of carbonyl (C=O) groups is 2. The molecule has 0 aliphatic carbocycles. The first-order valence-electron chi connectivity index (χ1n) is 12.2. The van der Waals surface area contributed by atoms with E-state index in [0.29, 0.717) is 29.9 Å². The van der Waals surface area contributed by atoms with Crippen LogP contribution in [0.2, 0.25) is 0 Å². The zero-order valence-corrected chi connectivity index (χ0v) is 21.1. The molecule has 35 heavy (non-hydrogen) atoms. The SMILES string of the molecule is CC(C)N(c1cccc(CCCc2cc(COC=O)ccc2OC(=O)c2ccccc2)c1)C(C)C. The second-order valence-corrected chi connectivity index (χ2v) is 9.22. The van der Waals surface area contributed by atoms with Gasteiger partial charge in [0.15, 0.2) is 0 Å². The fourth-order valence-corrected chi connectivity index (χ4v) is 4.43. The lowest BCUT2D eigenvalue weighted by atomic mass is 10.0. The Balaban J connectivity index is 1.74. The Bertz CT molecular complexity index is 1100. The lowest BCUT2D eigenvalue weighted by Gasteiger charge is -2.33. The van der Waals surface area contributed by atoms with Gasteiger partial charge in [0, 0.05) is 17.8 Å². The number of rotatable bonds is 12. The van der Waals surface area contributed by atoms with Crippen LogP contribution >= 0.6 is 0 Å². The van der Waals surface area contributed by atoms with Crippen molar-refractivity contribution in [3.8, 4) is 5.75 Å². The Hall–Kier alpha value is -3.60. The maximum Gasteiger partial charge on any atom is 0.343 e. The van der Waals surface area contributed by atoms with E-state index in [1.807, 2.05) is 30.3 Å². The molecule has 0 aliphatic rings. The molecule has 3 aromatic carbocycles. The molecule has 0 aliphatic heterocycles. The van der Waals surface area contributed by atoms with Gasteiger partial charge in [0.1, 0.15) is 12.4 Å². The van der Waals surface area contributed by atoms with E-state index >= 15 is 0 Å². The van der Waals surface area contributed by atoms with E-state index < -0.39 is 0 Å². The van der Waals surface area contributed by atoms with Crippen LogP contribution in [0, 0.1) is 0 Å². The summed E-state index contributed by atoms with van der Waals surface area (Å²) in [7, 11) is 0. The summed E-state index contributed by atoms with van der Waals surface area (Å²) in [5.74, 6) is 0.146. The van der Waals surface area contributed by atoms with E-state index in [4.69, 9.17) is 9.47 Å². The topological polar surface area (TPSA) is 55.8 Å². The normalized spacial score (nSPS) is 10.9. The number of esters is 1. The van der Waals surface area contributed by atoms with Gasteiger partial charge in [-0.15, -0.1) is 0 Å². The summed E-state index contributed by atoms with van der Waals surface area (Å²) in [4.78, 5) is 25.7. The van der Waals surface area contributed by atoms with Crippen LogP contribution in [0.4, 0.5) is 5.69 Å². The first-order valence-corrected chi connectivity index (χ1v) is 12.2. The Morgan fingerprint density at radius 1 is 0.857 bits per heavy atom. The molecule has 5 heteroatoms. The van der Waals surface area contributed by atoms with E-state index in [9.17, 15) is 9.59 Å². The van der Waals surface area contributed by atoms with E-state index in [-0.39, 0.29) is 12.6 Å². The molecular weight excluding hydrogens is 438 g/mol. The third-order valence-electron chi connectivity index (χ3n) is 5.89. The van der Waals surface area contributed by atoms with Gasteiger partial charge in [-0.25, -0.2) is 4.79 Å². The maximum absolute atomic E-state index is 12.6. The number of nitrogens with zero attached hydrogens (tertiary/aromatic N) is 1. The van der Waals surface area contributed by atoms with E-state index in [1.54, 1.807) is 18.2 Å². The van der Waals surface area contributed by atoms with Crippen LogP contribution in [0.1, 0.15) is 61.2 Å². The smallest absolute Gasteiger partial charge is 0.343 e. The summed E-state index contributed by atoms with van der Waals surface area (Å²) in [6.07, 6.45) is 2.52. The van der Waals surface area contributed by atoms with E-state index in [2.05, 4.69) is 56.9 Å². The highest BCUT2D eigenvalue weighted by molar-refractivity contribution is 5.91. The minimum atomic E-state index is -0.390. The number of anilines is 1. The van der Waals surface area contributed by atoms with Crippen LogP contribution in [0.15, 0.2) is 72.8 Å². The van der Waals surface area contributed by atoms with Crippen molar-refractivity contribution in [3.05, 3.63) is 95.1 Å². The van der Waals surface area contributed by atoms with Gasteiger partial charge >= 0.3 is 5.97 Å². The summed E-state index contributed by atoms with van der Waals surface area (Å²) in [6.45, 7) is 9.48. The number of hydrogen-bond acceptors (Lipinski definition) is 5. The van der Waals surface area contributed by atoms with Gasteiger partial charge in [0.25, 0.3) is 6.47 Å². The molecule has 0 N–H and O–H groups in total. The third-order valence-corrected chi connectivity index (χ3v) is 5.89. The number of carbonyl (C=O) groups excluding carboxylic acids is 2. The standard InChI is InChI=1S/C30H35NO4/c1-22(2)31(23(3)4)28-15-9-11-24(19-28)10-8-14-27-18-25(20-34-21-32)16-17-29(27)35-30(33)26-12-6-5-7-13-26/h5-7,9,11-13,15-19,21-23H,8,10,14,20H2,1-4H3. The Morgan fingerprint density at radius 2 is 1.60 bits per heavy atom. The molecule has 0 saturated heterocycles. The molecule has 0 spiro atoms. The fraction of sp³-hybridized carbons (Fsp3) is 0.333. The van der Waals surface area contributed by atoms with Gasteiger partial charge in [0.05, 0.1) is 5.56 Å². The molecule has 0 aromatic heterocycles.